The van der Waals surface area contributed by atoms with E-state index in [0.29, 0.717) is 20.9 Å². The molecule has 3 N–H and O–H groups in total. The first kappa shape index (κ1) is 15.3. The van der Waals surface area contributed by atoms with Crippen LogP contribution in [0, 0.1) is 0 Å². The van der Waals surface area contributed by atoms with Crippen LogP contribution in [-0.2, 0) is 0 Å². The van der Waals surface area contributed by atoms with E-state index >= 15 is 0 Å². The van der Waals surface area contributed by atoms with Gasteiger partial charge < -0.3 is 15.7 Å². The van der Waals surface area contributed by atoms with Gasteiger partial charge in [0.2, 0.25) is 0 Å². The van der Waals surface area contributed by atoms with E-state index in [2.05, 4.69) is 26.6 Å². The molecule has 2 amide bonds. The van der Waals surface area contributed by atoms with Gasteiger partial charge in [0.25, 0.3) is 0 Å². The third kappa shape index (κ3) is 4.21. The van der Waals surface area contributed by atoms with Crippen molar-refractivity contribution in [1.29, 1.82) is 0 Å². The summed E-state index contributed by atoms with van der Waals surface area (Å²) in [5.41, 5.74) is 0.883. The van der Waals surface area contributed by atoms with Gasteiger partial charge in [-0.2, -0.15) is 0 Å². The minimum Gasteiger partial charge on any atom is -0.478 e. The number of benzene rings is 2. The van der Waals surface area contributed by atoms with E-state index in [0.717, 1.165) is 0 Å². The van der Waals surface area contributed by atoms with Crippen molar-refractivity contribution in [2.75, 3.05) is 10.6 Å². The maximum Gasteiger partial charge on any atom is 0.335 e. The van der Waals surface area contributed by atoms with Gasteiger partial charge >= 0.3 is 12.0 Å². The van der Waals surface area contributed by atoms with Crippen LogP contribution in [0.15, 0.2) is 46.9 Å². The Labute approximate surface area is 134 Å². The fourth-order valence-electron chi connectivity index (χ4n) is 1.63. The quantitative estimate of drug-likeness (QED) is 0.748. The van der Waals surface area contributed by atoms with Crippen molar-refractivity contribution < 1.29 is 14.7 Å². The summed E-state index contributed by atoms with van der Waals surface area (Å²) in [7, 11) is 0. The summed E-state index contributed by atoms with van der Waals surface area (Å²) in [6.45, 7) is 0. The number of aromatic carboxylic acids is 1. The van der Waals surface area contributed by atoms with Crippen molar-refractivity contribution >= 4 is 50.9 Å². The maximum atomic E-state index is 11.9. The van der Waals surface area contributed by atoms with Gasteiger partial charge in [-0.05, 0) is 30.3 Å². The van der Waals surface area contributed by atoms with Crippen molar-refractivity contribution in [2.45, 2.75) is 0 Å². The number of urea groups is 1. The zero-order valence-electron chi connectivity index (χ0n) is 10.6. The summed E-state index contributed by atoms with van der Waals surface area (Å²) in [6, 6.07) is 10.7. The third-order valence-electron chi connectivity index (χ3n) is 2.52. The number of halogens is 2. The van der Waals surface area contributed by atoms with E-state index in [-0.39, 0.29) is 5.56 Å². The molecule has 0 saturated heterocycles. The van der Waals surface area contributed by atoms with Crippen molar-refractivity contribution in [3.05, 3.63) is 57.5 Å². The average molecular weight is 370 g/mol. The monoisotopic (exact) mass is 368 g/mol. The van der Waals surface area contributed by atoms with Gasteiger partial charge in [-0.3, -0.25) is 0 Å². The molecular formula is C14H10BrClN2O3. The number of para-hydroxylation sites is 1. The number of carbonyl (C=O) groups is 2. The fourth-order valence-corrected chi connectivity index (χ4v) is 2.31. The molecule has 0 saturated carbocycles. The number of rotatable bonds is 3. The van der Waals surface area contributed by atoms with Gasteiger partial charge in [0, 0.05) is 10.2 Å². The number of carboxylic acid groups (broad SMARTS) is 1. The Kier molecular flexibility index (Phi) is 4.82. The van der Waals surface area contributed by atoms with Crippen LogP contribution in [-0.4, -0.2) is 17.1 Å². The Hall–Kier alpha value is -2.05. The molecule has 7 heteroatoms. The third-order valence-corrected chi connectivity index (χ3v) is 3.31. The van der Waals surface area contributed by atoms with Crippen molar-refractivity contribution in [3.63, 3.8) is 0 Å². The molecule has 2 aromatic rings. The molecule has 0 radical (unpaired) electrons. The molecule has 2 rings (SSSR count). The average Bonchev–Trinajstić information content (AvgIpc) is 2.40. The molecule has 0 unspecified atom stereocenters. The number of carboxylic acids is 1. The normalized spacial score (nSPS) is 10.0. The minimum absolute atomic E-state index is 0.0671. The number of anilines is 2. The van der Waals surface area contributed by atoms with Crippen LogP contribution < -0.4 is 10.6 Å². The summed E-state index contributed by atoms with van der Waals surface area (Å²) in [5.74, 6) is -1.08. The lowest BCUT2D eigenvalue weighted by molar-refractivity contribution is 0.0697. The standard InChI is InChI=1S/C14H10BrClN2O3/c15-9-5-8(13(19)20)6-10(7-9)17-14(21)18-12-4-2-1-3-11(12)16/h1-7H,(H,19,20)(H2,17,18,21). The maximum absolute atomic E-state index is 11.9. The topological polar surface area (TPSA) is 78.4 Å². The molecule has 0 bridgehead atoms. The highest BCUT2D eigenvalue weighted by atomic mass is 79.9. The van der Waals surface area contributed by atoms with E-state index in [1.165, 1.54) is 12.1 Å². The summed E-state index contributed by atoms with van der Waals surface area (Å²) in [6.07, 6.45) is 0. The molecule has 108 valence electrons. The van der Waals surface area contributed by atoms with Gasteiger partial charge in [-0.1, -0.05) is 39.7 Å². The summed E-state index contributed by atoms with van der Waals surface area (Å²) in [5, 5.41) is 14.5. The molecule has 0 aromatic heterocycles. The first-order valence-electron chi connectivity index (χ1n) is 5.82. The zero-order valence-corrected chi connectivity index (χ0v) is 12.9. The SMILES string of the molecule is O=C(Nc1cc(Br)cc(C(=O)O)c1)Nc1ccccc1Cl. The van der Waals surface area contributed by atoms with Crippen LogP contribution in [0.1, 0.15) is 10.4 Å². The molecule has 2 aromatic carbocycles. The molecule has 0 spiro atoms. The highest BCUT2D eigenvalue weighted by Gasteiger charge is 2.09. The highest BCUT2D eigenvalue weighted by molar-refractivity contribution is 9.10. The molecule has 0 heterocycles. The first-order valence-corrected chi connectivity index (χ1v) is 6.99. The second kappa shape index (κ2) is 6.60. The molecule has 0 aliphatic heterocycles. The predicted molar refractivity (Wildman–Crippen MR) is 85.2 cm³/mol. The Balaban J connectivity index is 2.13. The highest BCUT2D eigenvalue weighted by Crippen LogP contribution is 2.22. The lowest BCUT2D eigenvalue weighted by atomic mass is 10.2. The molecule has 21 heavy (non-hydrogen) atoms. The Morgan fingerprint density at radius 2 is 1.81 bits per heavy atom. The second-order valence-electron chi connectivity index (χ2n) is 4.09. The van der Waals surface area contributed by atoms with Crippen LogP contribution in [0.2, 0.25) is 5.02 Å². The van der Waals surface area contributed by atoms with Crippen LogP contribution in [0.5, 0.6) is 0 Å². The lowest BCUT2D eigenvalue weighted by Crippen LogP contribution is -2.19. The van der Waals surface area contributed by atoms with Gasteiger partial charge in [0.05, 0.1) is 16.3 Å². The van der Waals surface area contributed by atoms with Crippen LogP contribution >= 0.6 is 27.5 Å². The smallest absolute Gasteiger partial charge is 0.335 e. The van der Waals surface area contributed by atoms with E-state index in [9.17, 15) is 9.59 Å². The Morgan fingerprint density at radius 3 is 2.48 bits per heavy atom. The van der Waals surface area contributed by atoms with Gasteiger partial charge in [-0.15, -0.1) is 0 Å². The zero-order chi connectivity index (χ0) is 15.4. The van der Waals surface area contributed by atoms with Crippen molar-refractivity contribution in [3.8, 4) is 0 Å². The van der Waals surface area contributed by atoms with E-state index in [1.54, 1.807) is 30.3 Å². The fraction of sp³-hybridized carbons (Fsp3) is 0. The van der Waals surface area contributed by atoms with E-state index in [4.69, 9.17) is 16.7 Å². The molecule has 0 aliphatic rings. The molecule has 0 aliphatic carbocycles. The second-order valence-corrected chi connectivity index (χ2v) is 5.42. The largest absolute Gasteiger partial charge is 0.478 e. The van der Waals surface area contributed by atoms with E-state index < -0.39 is 12.0 Å². The van der Waals surface area contributed by atoms with Gasteiger partial charge in [0.1, 0.15) is 0 Å². The first-order chi connectivity index (χ1) is 9.95. The van der Waals surface area contributed by atoms with E-state index in [1.807, 2.05) is 0 Å². The van der Waals surface area contributed by atoms with Crippen LogP contribution in [0.3, 0.4) is 0 Å². The van der Waals surface area contributed by atoms with Crippen molar-refractivity contribution in [2.24, 2.45) is 0 Å². The Bertz CT molecular complexity index is 706. The summed E-state index contributed by atoms with van der Waals surface area (Å²) >= 11 is 9.13. The van der Waals surface area contributed by atoms with Crippen LogP contribution in [0.4, 0.5) is 16.2 Å². The number of nitrogens with one attached hydrogen (secondary N) is 2. The van der Waals surface area contributed by atoms with Crippen molar-refractivity contribution in [1.82, 2.24) is 0 Å². The minimum atomic E-state index is -1.08. The molecule has 0 atom stereocenters. The van der Waals surface area contributed by atoms with Gasteiger partial charge in [-0.25, -0.2) is 9.59 Å². The number of carbonyl (C=O) groups excluding carboxylic acids is 1. The number of amides is 2. The summed E-state index contributed by atoms with van der Waals surface area (Å²) < 4.78 is 0.551. The van der Waals surface area contributed by atoms with Crippen LogP contribution in [0.25, 0.3) is 0 Å². The molecule has 0 fully saturated rings. The molecule has 5 nitrogen and oxygen atoms in total. The Morgan fingerprint density at radius 1 is 1.10 bits per heavy atom. The van der Waals surface area contributed by atoms with Gasteiger partial charge in [0.15, 0.2) is 0 Å². The lowest BCUT2D eigenvalue weighted by Gasteiger charge is -2.10. The number of hydrogen-bond acceptors (Lipinski definition) is 2. The molecular weight excluding hydrogens is 360 g/mol. The number of hydrogen-bond donors (Lipinski definition) is 3. The summed E-state index contributed by atoms with van der Waals surface area (Å²) in [4.78, 5) is 22.8. The predicted octanol–water partition coefficient (Wildman–Crippen LogP) is 4.44.